The third-order valence-corrected chi connectivity index (χ3v) is 5.57. The highest BCUT2D eigenvalue weighted by atomic mass is 16.2. The van der Waals surface area contributed by atoms with Gasteiger partial charge in [0.05, 0.1) is 18.2 Å². The van der Waals surface area contributed by atoms with Crippen molar-refractivity contribution in [2.24, 2.45) is 0 Å². The number of hydrogen-bond acceptors (Lipinski definition) is 4. The molecule has 0 aliphatic carbocycles. The van der Waals surface area contributed by atoms with Crippen molar-refractivity contribution in [2.45, 2.75) is 26.3 Å². The summed E-state index contributed by atoms with van der Waals surface area (Å²) in [5.74, 6) is -0.192. The highest BCUT2D eigenvalue weighted by Crippen LogP contribution is 2.27. The average Bonchev–Trinajstić information content (AvgIpc) is 2.98. The summed E-state index contributed by atoms with van der Waals surface area (Å²) in [6.45, 7) is 7.40. The van der Waals surface area contributed by atoms with Gasteiger partial charge in [0.25, 0.3) is 5.91 Å². The molecule has 4 rings (SSSR count). The number of hydrogen-bond donors (Lipinski definition) is 0. The Morgan fingerprint density at radius 1 is 0.741 bits per heavy atom. The SMILES string of the molecule is Cc1ccc(N2CCN(C3CC(=O)N(c4ccc(C)cc4)C3=O)CC2)cc1. The van der Waals surface area contributed by atoms with Gasteiger partial charge in [0.1, 0.15) is 0 Å². The monoisotopic (exact) mass is 363 g/mol. The molecule has 2 aromatic carbocycles. The molecule has 5 heteroatoms. The van der Waals surface area contributed by atoms with Gasteiger partial charge in [-0.25, -0.2) is 4.90 Å². The van der Waals surface area contributed by atoms with E-state index in [1.165, 1.54) is 16.2 Å². The highest BCUT2D eigenvalue weighted by Gasteiger charge is 2.43. The summed E-state index contributed by atoms with van der Waals surface area (Å²) >= 11 is 0. The molecule has 2 aromatic rings. The smallest absolute Gasteiger partial charge is 0.251 e. The van der Waals surface area contributed by atoms with E-state index < -0.39 is 0 Å². The van der Waals surface area contributed by atoms with Gasteiger partial charge in [0, 0.05) is 31.9 Å². The molecule has 2 heterocycles. The van der Waals surface area contributed by atoms with Crippen LogP contribution < -0.4 is 9.80 Å². The fourth-order valence-electron chi connectivity index (χ4n) is 3.91. The molecule has 2 fully saturated rings. The van der Waals surface area contributed by atoms with Crippen LogP contribution in [-0.2, 0) is 9.59 Å². The van der Waals surface area contributed by atoms with Gasteiger partial charge in [-0.05, 0) is 38.1 Å². The Hall–Kier alpha value is -2.66. The molecule has 0 spiro atoms. The van der Waals surface area contributed by atoms with Crippen LogP contribution in [0.4, 0.5) is 11.4 Å². The van der Waals surface area contributed by atoms with Gasteiger partial charge < -0.3 is 4.90 Å². The van der Waals surface area contributed by atoms with Crippen molar-refractivity contribution in [1.29, 1.82) is 0 Å². The largest absolute Gasteiger partial charge is 0.369 e. The zero-order valence-corrected chi connectivity index (χ0v) is 15.9. The van der Waals surface area contributed by atoms with Crippen molar-refractivity contribution in [3.05, 3.63) is 59.7 Å². The number of benzene rings is 2. The van der Waals surface area contributed by atoms with Gasteiger partial charge in [0.15, 0.2) is 0 Å². The van der Waals surface area contributed by atoms with E-state index >= 15 is 0 Å². The Bertz CT molecular complexity index is 837. The van der Waals surface area contributed by atoms with Crippen molar-refractivity contribution in [1.82, 2.24) is 4.90 Å². The zero-order valence-electron chi connectivity index (χ0n) is 15.9. The van der Waals surface area contributed by atoms with Gasteiger partial charge in [0.2, 0.25) is 5.91 Å². The first kappa shape index (κ1) is 17.7. The van der Waals surface area contributed by atoms with Crippen molar-refractivity contribution in [2.75, 3.05) is 36.0 Å². The van der Waals surface area contributed by atoms with E-state index in [4.69, 9.17) is 0 Å². The topological polar surface area (TPSA) is 43.9 Å². The van der Waals surface area contributed by atoms with Gasteiger partial charge >= 0.3 is 0 Å². The maximum Gasteiger partial charge on any atom is 0.251 e. The molecule has 5 nitrogen and oxygen atoms in total. The van der Waals surface area contributed by atoms with E-state index in [0.29, 0.717) is 5.69 Å². The predicted molar refractivity (Wildman–Crippen MR) is 107 cm³/mol. The molecule has 27 heavy (non-hydrogen) atoms. The zero-order chi connectivity index (χ0) is 19.0. The van der Waals surface area contributed by atoms with Crippen molar-refractivity contribution >= 4 is 23.2 Å². The van der Waals surface area contributed by atoms with Crippen LogP contribution in [0.5, 0.6) is 0 Å². The Morgan fingerprint density at radius 2 is 1.26 bits per heavy atom. The van der Waals surface area contributed by atoms with Gasteiger partial charge in [-0.2, -0.15) is 0 Å². The maximum absolute atomic E-state index is 12.9. The van der Waals surface area contributed by atoms with Crippen LogP contribution in [0.15, 0.2) is 48.5 Å². The molecule has 0 bridgehead atoms. The molecule has 0 radical (unpaired) electrons. The van der Waals surface area contributed by atoms with Crippen molar-refractivity contribution < 1.29 is 9.59 Å². The van der Waals surface area contributed by atoms with Crippen molar-refractivity contribution in [3.8, 4) is 0 Å². The summed E-state index contributed by atoms with van der Waals surface area (Å²) in [7, 11) is 0. The summed E-state index contributed by atoms with van der Waals surface area (Å²) in [6.07, 6.45) is 0.275. The van der Waals surface area contributed by atoms with Crippen LogP contribution >= 0.6 is 0 Å². The number of imide groups is 1. The predicted octanol–water partition coefficient (Wildman–Crippen LogP) is 2.76. The lowest BCUT2D eigenvalue weighted by Gasteiger charge is -2.38. The molecule has 0 N–H and O–H groups in total. The normalized spacial score (nSPS) is 21.2. The first-order valence-corrected chi connectivity index (χ1v) is 9.52. The summed E-state index contributed by atoms with van der Waals surface area (Å²) in [5.41, 5.74) is 4.26. The van der Waals surface area contributed by atoms with Crippen LogP contribution in [0.1, 0.15) is 17.5 Å². The lowest BCUT2D eigenvalue weighted by Crippen LogP contribution is -2.52. The van der Waals surface area contributed by atoms with E-state index in [0.717, 1.165) is 31.7 Å². The Balaban J connectivity index is 1.43. The molecule has 2 saturated heterocycles. The Kier molecular flexibility index (Phi) is 4.70. The lowest BCUT2D eigenvalue weighted by molar-refractivity contribution is -0.123. The van der Waals surface area contributed by atoms with Gasteiger partial charge in [-0.3, -0.25) is 14.5 Å². The third kappa shape index (κ3) is 3.47. The Labute approximate surface area is 160 Å². The van der Waals surface area contributed by atoms with E-state index in [-0.39, 0.29) is 24.3 Å². The highest BCUT2D eigenvalue weighted by molar-refractivity contribution is 6.22. The molecule has 0 aromatic heterocycles. The minimum Gasteiger partial charge on any atom is -0.369 e. The molecular weight excluding hydrogens is 338 g/mol. The molecule has 1 unspecified atom stereocenters. The second-order valence-electron chi connectivity index (χ2n) is 7.48. The number of aryl methyl sites for hydroxylation is 2. The number of nitrogens with zero attached hydrogens (tertiary/aromatic N) is 3. The van der Waals surface area contributed by atoms with E-state index in [9.17, 15) is 9.59 Å². The van der Waals surface area contributed by atoms with E-state index in [1.807, 2.05) is 31.2 Å². The number of anilines is 2. The number of carbonyl (C=O) groups excluding carboxylic acids is 2. The van der Waals surface area contributed by atoms with Crippen LogP contribution in [0.3, 0.4) is 0 Å². The number of amides is 2. The number of carbonyl (C=O) groups is 2. The van der Waals surface area contributed by atoms with Crippen LogP contribution in [0.2, 0.25) is 0 Å². The summed E-state index contributed by atoms with van der Waals surface area (Å²) in [4.78, 5) is 31.3. The van der Waals surface area contributed by atoms with Gasteiger partial charge in [-0.1, -0.05) is 35.4 Å². The molecule has 2 aliphatic rings. The third-order valence-electron chi connectivity index (χ3n) is 5.57. The second kappa shape index (κ2) is 7.16. The molecular formula is C22H25N3O2. The van der Waals surface area contributed by atoms with Gasteiger partial charge in [-0.15, -0.1) is 0 Å². The fraction of sp³-hybridized carbons (Fsp3) is 0.364. The standard InChI is InChI=1S/C22H25N3O2/c1-16-3-7-18(8-4-16)23-11-13-24(14-12-23)20-15-21(26)25(22(20)27)19-9-5-17(2)6-10-19/h3-10,20H,11-15H2,1-2H3. The minimum absolute atomic E-state index is 0.0901. The maximum atomic E-state index is 12.9. The number of rotatable bonds is 3. The first-order valence-electron chi connectivity index (χ1n) is 9.52. The fourth-order valence-corrected chi connectivity index (χ4v) is 3.91. The molecule has 0 saturated carbocycles. The van der Waals surface area contributed by atoms with Crippen LogP contribution in [0, 0.1) is 13.8 Å². The summed E-state index contributed by atoms with van der Waals surface area (Å²) in [5, 5.41) is 0. The second-order valence-corrected chi connectivity index (χ2v) is 7.48. The molecule has 2 aliphatic heterocycles. The summed E-state index contributed by atoms with van der Waals surface area (Å²) < 4.78 is 0. The molecule has 2 amide bonds. The van der Waals surface area contributed by atoms with E-state index in [1.54, 1.807) is 0 Å². The Morgan fingerprint density at radius 3 is 1.81 bits per heavy atom. The van der Waals surface area contributed by atoms with Crippen molar-refractivity contribution in [3.63, 3.8) is 0 Å². The van der Waals surface area contributed by atoms with E-state index in [2.05, 4.69) is 41.0 Å². The first-order chi connectivity index (χ1) is 13.0. The minimum atomic E-state index is -0.334. The molecule has 1 atom stereocenters. The van der Waals surface area contributed by atoms with Crippen LogP contribution in [0.25, 0.3) is 0 Å². The number of piperazine rings is 1. The quantitative estimate of drug-likeness (QED) is 0.787. The van der Waals surface area contributed by atoms with Crippen LogP contribution in [-0.4, -0.2) is 48.9 Å². The summed E-state index contributed by atoms with van der Waals surface area (Å²) in [6, 6.07) is 15.8. The average molecular weight is 363 g/mol. The lowest BCUT2D eigenvalue weighted by atomic mass is 10.1. The molecule has 140 valence electrons.